The third-order valence-corrected chi connectivity index (χ3v) is 2.89. The van der Waals surface area contributed by atoms with E-state index in [0.717, 1.165) is 6.42 Å². The summed E-state index contributed by atoms with van der Waals surface area (Å²) < 4.78 is 0. The van der Waals surface area contributed by atoms with E-state index in [1.807, 2.05) is 0 Å². The fourth-order valence-corrected chi connectivity index (χ4v) is 1.84. The maximum atomic E-state index is 9.55. The fraction of sp³-hybridized carbons (Fsp3) is 0.800. The van der Waals surface area contributed by atoms with Crippen LogP contribution in [0, 0.1) is 11.8 Å². The van der Waals surface area contributed by atoms with Gasteiger partial charge in [-0.15, -0.1) is 0 Å². The normalized spacial score (nSPS) is 32.2. The standard InChI is InChI=1S/C10H18O/c1-6(2)9-5-10(11)8(4)7(9)3/h6,8,10-11H,5H2,1-4H3/t8-,10-/m1/s1. The Bertz CT molecular complexity index is 179. The van der Waals surface area contributed by atoms with Gasteiger partial charge in [0.25, 0.3) is 0 Å². The quantitative estimate of drug-likeness (QED) is 0.575. The van der Waals surface area contributed by atoms with Gasteiger partial charge >= 0.3 is 0 Å². The Morgan fingerprint density at radius 3 is 2.18 bits per heavy atom. The summed E-state index contributed by atoms with van der Waals surface area (Å²) in [5.74, 6) is 0.988. The molecule has 0 amide bonds. The maximum absolute atomic E-state index is 9.55. The van der Waals surface area contributed by atoms with Crippen LogP contribution in [0.5, 0.6) is 0 Å². The molecule has 0 aromatic carbocycles. The van der Waals surface area contributed by atoms with Gasteiger partial charge in [0.2, 0.25) is 0 Å². The first-order valence-electron chi connectivity index (χ1n) is 4.41. The Hall–Kier alpha value is -0.300. The average Bonchev–Trinajstić information content (AvgIpc) is 2.17. The summed E-state index contributed by atoms with van der Waals surface area (Å²) in [6.07, 6.45) is 0.775. The zero-order valence-electron chi connectivity index (χ0n) is 7.89. The molecule has 0 fully saturated rings. The van der Waals surface area contributed by atoms with Crippen LogP contribution in [0.25, 0.3) is 0 Å². The molecule has 0 spiro atoms. The van der Waals surface area contributed by atoms with Crippen LogP contribution in [-0.2, 0) is 0 Å². The van der Waals surface area contributed by atoms with Gasteiger partial charge in [0.1, 0.15) is 0 Å². The van der Waals surface area contributed by atoms with Gasteiger partial charge in [-0.05, 0) is 19.3 Å². The van der Waals surface area contributed by atoms with E-state index in [1.165, 1.54) is 11.1 Å². The van der Waals surface area contributed by atoms with Gasteiger partial charge < -0.3 is 5.11 Å². The number of aliphatic hydroxyl groups is 1. The van der Waals surface area contributed by atoms with Gasteiger partial charge in [-0.2, -0.15) is 0 Å². The third-order valence-electron chi connectivity index (χ3n) is 2.89. The van der Waals surface area contributed by atoms with E-state index in [1.54, 1.807) is 0 Å². The number of hydrogen-bond acceptors (Lipinski definition) is 1. The molecule has 0 aliphatic heterocycles. The monoisotopic (exact) mass is 154 g/mol. The minimum atomic E-state index is -0.118. The van der Waals surface area contributed by atoms with Crippen molar-refractivity contribution in [3.8, 4) is 0 Å². The summed E-state index contributed by atoms with van der Waals surface area (Å²) in [5.41, 5.74) is 2.87. The van der Waals surface area contributed by atoms with E-state index in [2.05, 4.69) is 27.7 Å². The molecule has 0 aromatic heterocycles. The lowest BCUT2D eigenvalue weighted by Crippen LogP contribution is -2.11. The third kappa shape index (κ3) is 1.48. The van der Waals surface area contributed by atoms with Crippen molar-refractivity contribution in [2.45, 2.75) is 40.2 Å². The molecule has 0 bridgehead atoms. The smallest absolute Gasteiger partial charge is 0.0640 e. The molecule has 0 aromatic rings. The highest BCUT2D eigenvalue weighted by atomic mass is 16.3. The molecule has 1 aliphatic rings. The van der Waals surface area contributed by atoms with E-state index in [4.69, 9.17) is 0 Å². The first-order chi connectivity index (χ1) is 5.04. The van der Waals surface area contributed by atoms with Gasteiger partial charge in [0, 0.05) is 5.92 Å². The van der Waals surface area contributed by atoms with Crippen molar-refractivity contribution >= 4 is 0 Å². The molecule has 1 nitrogen and oxygen atoms in total. The van der Waals surface area contributed by atoms with E-state index in [0.29, 0.717) is 11.8 Å². The second-order valence-corrected chi connectivity index (χ2v) is 3.92. The van der Waals surface area contributed by atoms with Crippen molar-refractivity contribution < 1.29 is 5.11 Å². The predicted octanol–water partition coefficient (Wildman–Crippen LogP) is 2.36. The molecule has 2 atom stereocenters. The fourth-order valence-electron chi connectivity index (χ4n) is 1.84. The van der Waals surface area contributed by atoms with Crippen LogP contribution < -0.4 is 0 Å². The SMILES string of the molecule is CC1=C(C(C)C)C[C@@H](O)[C@@H]1C. The Morgan fingerprint density at radius 1 is 1.45 bits per heavy atom. The highest BCUT2D eigenvalue weighted by molar-refractivity contribution is 5.24. The second-order valence-electron chi connectivity index (χ2n) is 3.92. The van der Waals surface area contributed by atoms with Crippen molar-refractivity contribution in [3.63, 3.8) is 0 Å². The molecule has 0 radical (unpaired) electrons. The van der Waals surface area contributed by atoms with Crippen molar-refractivity contribution in [2.75, 3.05) is 0 Å². The van der Waals surface area contributed by atoms with E-state index < -0.39 is 0 Å². The summed E-state index contributed by atoms with van der Waals surface area (Å²) in [5, 5.41) is 9.55. The van der Waals surface area contributed by atoms with Crippen LogP contribution in [0.4, 0.5) is 0 Å². The highest BCUT2D eigenvalue weighted by Crippen LogP contribution is 2.35. The minimum Gasteiger partial charge on any atom is -0.392 e. The molecule has 1 heteroatoms. The van der Waals surface area contributed by atoms with Gasteiger partial charge in [0.05, 0.1) is 6.10 Å². The molecule has 11 heavy (non-hydrogen) atoms. The van der Waals surface area contributed by atoms with Gasteiger partial charge in [-0.3, -0.25) is 0 Å². The molecular formula is C10H18O. The molecule has 1 rings (SSSR count). The van der Waals surface area contributed by atoms with Crippen molar-refractivity contribution in [1.29, 1.82) is 0 Å². The molecule has 1 N–H and O–H groups in total. The summed E-state index contributed by atoms with van der Waals surface area (Å²) in [6.45, 7) is 8.65. The Balaban J connectivity index is 2.80. The number of hydrogen-bond donors (Lipinski definition) is 1. The summed E-state index contributed by atoms with van der Waals surface area (Å²) in [4.78, 5) is 0. The summed E-state index contributed by atoms with van der Waals surface area (Å²) in [6, 6.07) is 0. The van der Waals surface area contributed by atoms with Gasteiger partial charge in [0.15, 0.2) is 0 Å². The molecule has 0 heterocycles. The van der Waals surface area contributed by atoms with E-state index >= 15 is 0 Å². The summed E-state index contributed by atoms with van der Waals surface area (Å²) in [7, 11) is 0. The first-order valence-corrected chi connectivity index (χ1v) is 4.41. The lowest BCUT2D eigenvalue weighted by molar-refractivity contribution is 0.145. The van der Waals surface area contributed by atoms with Crippen LogP contribution in [0.3, 0.4) is 0 Å². The molecule has 64 valence electrons. The van der Waals surface area contributed by atoms with Crippen LogP contribution in [-0.4, -0.2) is 11.2 Å². The zero-order valence-corrected chi connectivity index (χ0v) is 7.89. The average molecular weight is 154 g/mol. The van der Waals surface area contributed by atoms with Gasteiger partial charge in [-0.1, -0.05) is 31.9 Å². The van der Waals surface area contributed by atoms with Crippen LogP contribution in [0.1, 0.15) is 34.1 Å². The Morgan fingerprint density at radius 2 is 2.00 bits per heavy atom. The van der Waals surface area contributed by atoms with Crippen LogP contribution >= 0.6 is 0 Å². The topological polar surface area (TPSA) is 20.2 Å². The number of rotatable bonds is 1. The molecule has 1 aliphatic carbocycles. The Kier molecular flexibility index (Phi) is 2.38. The lowest BCUT2D eigenvalue weighted by atomic mass is 9.99. The van der Waals surface area contributed by atoms with Crippen LogP contribution in [0.2, 0.25) is 0 Å². The molecular weight excluding hydrogens is 136 g/mol. The van der Waals surface area contributed by atoms with Crippen molar-refractivity contribution in [2.24, 2.45) is 11.8 Å². The predicted molar refractivity (Wildman–Crippen MR) is 47.3 cm³/mol. The Labute approximate surface area is 69.1 Å². The number of aliphatic hydroxyl groups excluding tert-OH is 1. The molecule has 0 saturated carbocycles. The summed E-state index contributed by atoms with van der Waals surface area (Å²) >= 11 is 0. The first kappa shape index (κ1) is 8.79. The second kappa shape index (κ2) is 2.98. The van der Waals surface area contributed by atoms with Crippen molar-refractivity contribution in [1.82, 2.24) is 0 Å². The zero-order chi connectivity index (χ0) is 8.59. The largest absolute Gasteiger partial charge is 0.392 e. The maximum Gasteiger partial charge on any atom is 0.0640 e. The van der Waals surface area contributed by atoms with E-state index in [9.17, 15) is 5.11 Å². The van der Waals surface area contributed by atoms with Crippen LogP contribution in [0.15, 0.2) is 11.1 Å². The molecule has 0 saturated heterocycles. The highest BCUT2D eigenvalue weighted by Gasteiger charge is 2.28. The van der Waals surface area contributed by atoms with Crippen molar-refractivity contribution in [3.05, 3.63) is 11.1 Å². The molecule has 0 unspecified atom stereocenters. The lowest BCUT2D eigenvalue weighted by Gasteiger charge is -2.08. The minimum absolute atomic E-state index is 0.118. The van der Waals surface area contributed by atoms with Gasteiger partial charge in [-0.25, -0.2) is 0 Å². The van der Waals surface area contributed by atoms with E-state index in [-0.39, 0.29) is 6.10 Å².